The smallest absolute Gasteiger partial charge is 0.307 e. The van der Waals surface area contributed by atoms with Crippen LogP contribution in [0.3, 0.4) is 0 Å². The van der Waals surface area contributed by atoms with Gasteiger partial charge in [0.25, 0.3) is 0 Å². The highest BCUT2D eigenvalue weighted by molar-refractivity contribution is 7.90. The highest BCUT2D eigenvalue weighted by Gasteiger charge is 2.17. The molecule has 0 aliphatic heterocycles. The fraction of sp³-hybridized carbons (Fsp3) is 0.222. The molecule has 25 heavy (non-hydrogen) atoms. The average molecular weight is 358 g/mol. The van der Waals surface area contributed by atoms with E-state index >= 15 is 0 Å². The van der Waals surface area contributed by atoms with Gasteiger partial charge in [-0.3, -0.25) is 4.79 Å². The van der Waals surface area contributed by atoms with Crippen molar-refractivity contribution in [3.05, 3.63) is 59.4 Å². The Labute approximate surface area is 145 Å². The molecule has 0 fully saturated rings. The van der Waals surface area contributed by atoms with E-state index in [1.807, 2.05) is 23.6 Å². The molecule has 0 aliphatic rings. The fourth-order valence-electron chi connectivity index (χ4n) is 2.99. The number of pyridine rings is 1. The summed E-state index contributed by atoms with van der Waals surface area (Å²) in [5.74, 6) is -0.898. The molecule has 0 atom stereocenters. The van der Waals surface area contributed by atoms with Crippen molar-refractivity contribution in [1.29, 1.82) is 0 Å². The van der Waals surface area contributed by atoms with Crippen molar-refractivity contribution in [3.63, 3.8) is 0 Å². The van der Waals surface area contributed by atoms with Gasteiger partial charge in [-0.15, -0.1) is 0 Å². The Morgan fingerprint density at radius 3 is 2.68 bits per heavy atom. The number of carboxylic acids is 1. The molecule has 1 aromatic carbocycles. The highest BCUT2D eigenvalue weighted by atomic mass is 32.2. The lowest BCUT2D eigenvalue weighted by Crippen LogP contribution is -2.06. The molecule has 0 saturated carbocycles. The van der Waals surface area contributed by atoms with Crippen LogP contribution in [0.4, 0.5) is 0 Å². The van der Waals surface area contributed by atoms with E-state index in [0.717, 1.165) is 22.2 Å². The number of fused-ring (bicyclic) bond motifs is 1. The third-order valence-electron chi connectivity index (χ3n) is 4.20. The Hall–Kier alpha value is -2.67. The number of nitrogens with zero attached hydrogens (tertiary/aromatic N) is 2. The number of carbonyl (C=O) groups is 1. The lowest BCUT2D eigenvalue weighted by atomic mass is 10.1. The quantitative estimate of drug-likeness (QED) is 0.756. The van der Waals surface area contributed by atoms with E-state index in [0.29, 0.717) is 12.2 Å². The summed E-state index contributed by atoms with van der Waals surface area (Å²) in [4.78, 5) is 15.8. The molecule has 2 aromatic heterocycles. The molecule has 130 valence electrons. The summed E-state index contributed by atoms with van der Waals surface area (Å²) in [5.41, 5.74) is 3.06. The van der Waals surface area contributed by atoms with Gasteiger partial charge in [0.2, 0.25) is 0 Å². The van der Waals surface area contributed by atoms with Crippen molar-refractivity contribution in [2.75, 3.05) is 6.26 Å². The summed E-state index contributed by atoms with van der Waals surface area (Å²) in [6, 6.07) is 10.4. The highest BCUT2D eigenvalue weighted by Crippen LogP contribution is 2.26. The Morgan fingerprint density at radius 1 is 1.24 bits per heavy atom. The zero-order valence-electron chi connectivity index (χ0n) is 13.9. The molecular formula is C18H18N2O4S. The lowest BCUT2D eigenvalue weighted by Gasteiger charge is -2.09. The first-order valence-electron chi connectivity index (χ1n) is 7.71. The van der Waals surface area contributed by atoms with E-state index in [2.05, 4.69) is 4.98 Å². The Morgan fingerprint density at radius 2 is 2.00 bits per heavy atom. The summed E-state index contributed by atoms with van der Waals surface area (Å²) >= 11 is 0. The number of rotatable bonds is 5. The van der Waals surface area contributed by atoms with Crippen molar-refractivity contribution in [3.8, 4) is 0 Å². The van der Waals surface area contributed by atoms with Gasteiger partial charge in [-0.1, -0.05) is 12.1 Å². The van der Waals surface area contributed by atoms with Gasteiger partial charge in [-0.25, -0.2) is 13.4 Å². The normalized spacial score (nSPS) is 11.8. The molecule has 0 saturated heterocycles. The average Bonchev–Trinajstić information content (AvgIpc) is 2.80. The summed E-state index contributed by atoms with van der Waals surface area (Å²) in [6.07, 6.45) is 2.76. The third kappa shape index (κ3) is 3.41. The molecule has 2 heterocycles. The molecular weight excluding hydrogens is 340 g/mol. The number of aliphatic carboxylic acids is 1. The van der Waals surface area contributed by atoms with Crippen LogP contribution in [0.15, 0.2) is 47.5 Å². The zero-order chi connectivity index (χ0) is 18.2. The number of hydrogen-bond acceptors (Lipinski definition) is 4. The minimum Gasteiger partial charge on any atom is -0.481 e. The Bertz CT molecular complexity index is 1070. The van der Waals surface area contributed by atoms with Gasteiger partial charge < -0.3 is 9.67 Å². The predicted octanol–water partition coefficient (Wildman–Crippen LogP) is 2.42. The summed E-state index contributed by atoms with van der Waals surface area (Å²) in [6.45, 7) is 2.28. The second-order valence-electron chi connectivity index (χ2n) is 6.01. The van der Waals surface area contributed by atoms with E-state index in [4.69, 9.17) is 0 Å². The van der Waals surface area contributed by atoms with Gasteiger partial charge in [0.05, 0.1) is 11.3 Å². The van der Waals surface area contributed by atoms with Gasteiger partial charge >= 0.3 is 5.97 Å². The van der Waals surface area contributed by atoms with Crippen molar-refractivity contribution in [2.24, 2.45) is 0 Å². The van der Waals surface area contributed by atoms with Gasteiger partial charge in [0, 0.05) is 30.1 Å². The molecule has 0 bridgehead atoms. The monoisotopic (exact) mass is 358 g/mol. The van der Waals surface area contributed by atoms with Crippen molar-refractivity contribution in [2.45, 2.75) is 24.8 Å². The number of hydrogen-bond donors (Lipinski definition) is 1. The SMILES string of the molecule is Cc1c(CC(=O)O)c2cccnc2n1Cc1cccc(S(C)(=O)=O)c1. The second-order valence-corrected chi connectivity index (χ2v) is 8.03. The maximum absolute atomic E-state index is 11.8. The van der Waals surface area contributed by atoms with Crippen LogP contribution in [0.1, 0.15) is 16.8 Å². The maximum Gasteiger partial charge on any atom is 0.307 e. The van der Waals surface area contributed by atoms with Crippen LogP contribution in [0.25, 0.3) is 11.0 Å². The maximum atomic E-state index is 11.8. The van der Waals surface area contributed by atoms with Gasteiger partial charge in [-0.2, -0.15) is 0 Å². The van der Waals surface area contributed by atoms with E-state index in [9.17, 15) is 18.3 Å². The van der Waals surface area contributed by atoms with Crippen molar-refractivity contribution < 1.29 is 18.3 Å². The third-order valence-corrected chi connectivity index (χ3v) is 5.31. The fourth-order valence-corrected chi connectivity index (χ4v) is 3.68. The molecule has 3 aromatic rings. The molecule has 3 rings (SSSR count). The van der Waals surface area contributed by atoms with E-state index in [1.165, 1.54) is 6.26 Å². The minimum atomic E-state index is -3.28. The molecule has 0 radical (unpaired) electrons. The van der Waals surface area contributed by atoms with E-state index in [-0.39, 0.29) is 11.3 Å². The van der Waals surface area contributed by atoms with Crippen LogP contribution in [-0.4, -0.2) is 35.3 Å². The van der Waals surface area contributed by atoms with E-state index < -0.39 is 15.8 Å². The number of aromatic nitrogens is 2. The van der Waals surface area contributed by atoms with Crippen LogP contribution < -0.4 is 0 Å². The standard InChI is InChI=1S/C18H18N2O4S/c1-12-16(10-17(21)22)15-7-4-8-19-18(15)20(12)11-13-5-3-6-14(9-13)25(2,23)24/h3-9H,10-11H2,1-2H3,(H,21,22). The molecule has 0 aliphatic carbocycles. The molecule has 0 unspecified atom stereocenters. The lowest BCUT2D eigenvalue weighted by molar-refractivity contribution is -0.136. The Kier molecular flexibility index (Phi) is 4.34. The van der Waals surface area contributed by atoms with Gasteiger partial charge in [-0.05, 0) is 42.3 Å². The zero-order valence-corrected chi connectivity index (χ0v) is 14.7. The van der Waals surface area contributed by atoms with Crippen LogP contribution in [0, 0.1) is 6.92 Å². The number of benzene rings is 1. The van der Waals surface area contributed by atoms with Crippen LogP contribution in [0.2, 0.25) is 0 Å². The van der Waals surface area contributed by atoms with E-state index in [1.54, 1.807) is 30.5 Å². The first kappa shape index (κ1) is 17.2. The van der Waals surface area contributed by atoms with Crippen LogP contribution in [-0.2, 0) is 27.6 Å². The summed E-state index contributed by atoms with van der Waals surface area (Å²) in [5, 5.41) is 9.99. The summed E-state index contributed by atoms with van der Waals surface area (Å²) < 4.78 is 25.4. The Balaban J connectivity index is 2.11. The van der Waals surface area contributed by atoms with Crippen LogP contribution in [0.5, 0.6) is 0 Å². The predicted molar refractivity (Wildman–Crippen MR) is 94.5 cm³/mol. The first-order chi connectivity index (χ1) is 11.8. The minimum absolute atomic E-state index is 0.0790. The first-order valence-corrected chi connectivity index (χ1v) is 9.60. The topological polar surface area (TPSA) is 89.3 Å². The largest absolute Gasteiger partial charge is 0.481 e. The molecule has 0 amide bonds. The number of sulfone groups is 1. The molecule has 6 nitrogen and oxygen atoms in total. The molecule has 0 spiro atoms. The summed E-state index contributed by atoms with van der Waals surface area (Å²) in [7, 11) is -3.28. The molecule has 1 N–H and O–H groups in total. The number of carboxylic acid groups (broad SMARTS) is 1. The van der Waals surface area contributed by atoms with Crippen molar-refractivity contribution in [1.82, 2.24) is 9.55 Å². The van der Waals surface area contributed by atoms with Gasteiger partial charge in [0.1, 0.15) is 5.65 Å². The van der Waals surface area contributed by atoms with Crippen LogP contribution >= 0.6 is 0 Å². The second kappa shape index (κ2) is 6.33. The van der Waals surface area contributed by atoms with Gasteiger partial charge in [0.15, 0.2) is 9.84 Å². The molecule has 7 heteroatoms. The van der Waals surface area contributed by atoms with Crippen molar-refractivity contribution >= 4 is 26.8 Å².